The predicted molar refractivity (Wildman–Crippen MR) is 91.1 cm³/mol. The third kappa shape index (κ3) is 3.36. The molecule has 2 aromatic rings. The summed E-state index contributed by atoms with van der Waals surface area (Å²) in [5.74, 6) is 0.182. The van der Waals surface area contributed by atoms with Crippen molar-refractivity contribution in [3.63, 3.8) is 0 Å². The van der Waals surface area contributed by atoms with Crippen molar-refractivity contribution in [1.29, 1.82) is 0 Å². The summed E-state index contributed by atoms with van der Waals surface area (Å²) >= 11 is 1.49. The normalized spacial score (nSPS) is 21.5. The fourth-order valence-electron chi connectivity index (χ4n) is 2.89. The van der Waals surface area contributed by atoms with Crippen LogP contribution >= 0.6 is 11.3 Å². The Balaban J connectivity index is 1.69. The number of carbonyl (C=O) groups excluding carboxylic acids is 1. The molecule has 4 nitrogen and oxygen atoms in total. The van der Waals surface area contributed by atoms with Gasteiger partial charge in [-0.1, -0.05) is 24.3 Å². The van der Waals surface area contributed by atoms with Crippen LogP contribution < -0.4 is 10.6 Å². The first-order valence-corrected chi connectivity index (χ1v) is 8.57. The summed E-state index contributed by atoms with van der Waals surface area (Å²) in [5.41, 5.74) is 3.24. The van der Waals surface area contributed by atoms with E-state index in [1.54, 1.807) is 0 Å². The number of aromatic nitrogens is 1. The van der Waals surface area contributed by atoms with Gasteiger partial charge in [0, 0.05) is 22.9 Å². The number of hydrogen-bond donors (Lipinski definition) is 2. The van der Waals surface area contributed by atoms with Gasteiger partial charge in [0.05, 0.1) is 5.69 Å². The summed E-state index contributed by atoms with van der Waals surface area (Å²) in [6.45, 7) is 5.11. The first kappa shape index (κ1) is 15.2. The van der Waals surface area contributed by atoms with Crippen LogP contribution in [0.3, 0.4) is 0 Å². The van der Waals surface area contributed by atoms with E-state index in [0.29, 0.717) is 11.2 Å². The number of carbonyl (C=O) groups is 1. The van der Waals surface area contributed by atoms with Gasteiger partial charge < -0.3 is 10.6 Å². The standard InChI is InChI=1S/C17H21N3OS/c1-11-5-3-4-6-14(11)15-10-22-17(19-15)20-16(21)13-7-8-18-12(2)9-13/h3-6,10,12-13,18H,7-9H2,1-2H3,(H,19,20,21)/t12-,13-/m0/s1. The predicted octanol–water partition coefficient (Wildman–Crippen LogP) is 3.45. The lowest BCUT2D eigenvalue weighted by atomic mass is 9.92. The number of nitrogens with zero attached hydrogens (tertiary/aromatic N) is 1. The van der Waals surface area contributed by atoms with E-state index in [4.69, 9.17) is 0 Å². The monoisotopic (exact) mass is 315 g/mol. The van der Waals surface area contributed by atoms with Crippen molar-refractivity contribution in [2.24, 2.45) is 5.92 Å². The molecule has 0 unspecified atom stereocenters. The molecule has 1 aromatic heterocycles. The zero-order chi connectivity index (χ0) is 15.5. The van der Waals surface area contributed by atoms with Crippen molar-refractivity contribution in [2.45, 2.75) is 32.7 Å². The summed E-state index contributed by atoms with van der Waals surface area (Å²) in [5, 5.41) is 9.04. The van der Waals surface area contributed by atoms with Crippen LogP contribution in [-0.4, -0.2) is 23.5 Å². The number of thiazole rings is 1. The average Bonchev–Trinajstić information content (AvgIpc) is 2.96. The van der Waals surface area contributed by atoms with Gasteiger partial charge in [0.1, 0.15) is 0 Å². The van der Waals surface area contributed by atoms with Crippen LogP contribution in [0.25, 0.3) is 11.3 Å². The van der Waals surface area contributed by atoms with Gasteiger partial charge in [-0.25, -0.2) is 4.98 Å². The summed E-state index contributed by atoms with van der Waals surface area (Å²) in [6.07, 6.45) is 1.79. The number of piperidine rings is 1. The molecule has 2 N–H and O–H groups in total. The highest BCUT2D eigenvalue weighted by atomic mass is 32.1. The largest absolute Gasteiger partial charge is 0.314 e. The maximum atomic E-state index is 12.4. The topological polar surface area (TPSA) is 54.0 Å². The van der Waals surface area contributed by atoms with E-state index in [-0.39, 0.29) is 11.8 Å². The number of hydrogen-bond acceptors (Lipinski definition) is 4. The summed E-state index contributed by atoms with van der Waals surface area (Å²) in [7, 11) is 0. The Morgan fingerprint density at radius 1 is 1.41 bits per heavy atom. The fourth-order valence-corrected chi connectivity index (χ4v) is 3.61. The van der Waals surface area contributed by atoms with Gasteiger partial charge in [-0.2, -0.15) is 0 Å². The second kappa shape index (κ2) is 6.58. The highest BCUT2D eigenvalue weighted by Gasteiger charge is 2.25. The van der Waals surface area contributed by atoms with E-state index in [1.807, 2.05) is 17.5 Å². The zero-order valence-corrected chi connectivity index (χ0v) is 13.7. The lowest BCUT2D eigenvalue weighted by Gasteiger charge is -2.26. The smallest absolute Gasteiger partial charge is 0.229 e. The van der Waals surface area contributed by atoms with Gasteiger partial charge in [0.15, 0.2) is 5.13 Å². The molecule has 1 amide bonds. The molecular weight excluding hydrogens is 294 g/mol. The van der Waals surface area contributed by atoms with Crippen molar-refractivity contribution in [3.8, 4) is 11.3 Å². The molecule has 1 aliphatic rings. The van der Waals surface area contributed by atoms with Crippen LogP contribution in [-0.2, 0) is 4.79 Å². The van der Waals surface area contributed by atoms with Crippen LogP contribution in [0.2, 0.25) is 0 Å². The molecule has 1 aliphatic heterocycles. The molecule has 0 aliphatic carbocycles. The van der Waals surface area contributed by atoms with E-state index in [9.17, 15) is 4.79 Å². The molecule has 2 heterocycles. The highest BCUT2D eigenvalue weighted by Crippen LogP contribution is 2.28. The second-order valence-corrected chi connectivity index (χ2v) is 6.78. The van der Waals surface area contributed by atoms with E-state index >= 15 is 0 Å². The van der Waals surface area contributed by atoms with Crippen LogP contribution in [0.15, 0.2) is 29.6 Å². The van der Waals surface area contributed by atoms with Crippen molar-refractivity contribution >= 4 is 22.4 Å². The lowest BCUT2D eigenvalue weighted by Crippen LogP contribution is -2.40. The minimum atomic E-state index is 0.0852. The van der Waals surface area contributed by atoms with Crippen LogP contribution in [0, 0.1) is 12.8 Å². The van der Waals surface area contributed by atoms with Crippen molar-refractivity contribution in [3.05, 3.63) is 35.2 Å². The summed E-state index contributed by atoms with van der Waals surface area (Å²) in [4.78, 5) is 16.9. The molecule has 0 spiro atoms. The SMILES string of the molecule is Cc1ccccc1-c1csc(NC(=O)[C@H]2CCN[C@@H](C)C2)n1. The Morgan fingerprint density at radius 2 is 2.23 bits per heavy atom. The van der Waals surface area contributed by atoms with E-state index in [2.05, 4.69) is 41.6 Å². The van der Waals surface area contributed by atoms with E-state index in [0.717, 1.165) is 30.6 Å². The quantitative estimate of drug-likeness (QED) is 0.912. The molecule has 3 rings (SSSR count). The average molecular weight is 315 g/mol. The zero-order valence-electron chi connectivity index (χ0n) is 12.9. The van der Waals surface area contributed by atoms with Gasteiger partial charge in [-0.05, 0) is 38.8 Å². The minimum absolute atomic E-state index is 0.0852. The van der Waals surface area contributed by atoms with Gasteiger partial charge in [-0.3, -0.25) is 4.79 Å². The first-order valence-electron chi connectivity index (χ1n) is 7.69. The number of benzene rings is 1. The van der Waals surface area contributed by atoms with Crippen LogP contribution in [0.1, 0.15) is 25.3 Å². The molecule has 1 saturated heterocycles. The molecule has 0 radical (unpaired) electrons. The number of amides is 1. The van der Waals surface area contributed by atoms with Gasteiger partial charge >= 0.3 is 0 Å². The molecule has 1 fully saturated rings. The maximum absolute atomic E-state index is 12.4. The Kier molecular flexibility index (Phi) is 4.55. The third-order valence-electron chi connectivity index (χ3n) is 4.15. The Hall–Kier alpha value is -1.72. The number of nitrogens with one attached hydrogen (secondary N) is 2. The van der Waals surface area contributed by atoms with Crippen LogP contribution in [0.5, 0.6) is 0 Å². The van der Waals surface area contributed by atoms with E-state index < -0.39 is 0 Å². The highest BCUT2D eigenvalue weighted by molar-refractivity contribution is 7.14. The van der Waals surface area contributed by atoms with Crippen molar-refractivity contribution in [2.75, 3.05) is 11.9 Å². The molecule has 116 valence electrons. The fraction of sp³-hybridized carbons (Fsp3) is 0.412. The Morgan fingerprint density at radius 3 is 3.00 bits per heavy atom. The minimum Gasteiger partial charge on any atom is -0.314 e. The van der Waals surface area contributed by atoms with Crippen LogP contribution in [0.4, 0.5) is 5.13 Å². The summed E-state index contributed by atoms with van der Waals surface area (Å²) in [6, 6.07) is 8.57. The van der Waals surface area contributed by atoms with Crippen molar-refractivity contribution < 1.29 is 4.79 Å². The Labute approximate surface area is 135 Å². The maximum Gasteiger partial charge on any atom is 0.229 e. The summed E-state index contributed by atoms with van der Waals surface area (Å²) < 4.78 is 0. The Bertz CT molecular complexity index is 667. The van der Waals surface area contributed by atoms with Gasteiger partial charge in [-0.15, -0.1) is 11.3 Å². The molecule has 1 aromatic carbocycles. The number of anilines is 1. The lowest BCUT2D eigenvalue weighted by molar-refractivity contribution is -0.120. The first-order chi connectivity index (χ1) is 10.6. The van der Waals surface area contributed by atoms with Gasteiger partial charge in [0.25, 0.3) is 0 Å². The molecular formula is C17H21N3OS. The number of aryl methyl sites for hydroxylation is 1. The molecule has 0 saturated carbocycles. The van der Waals surface area contributed by atoms with Crippen molar-refractivity contribution in [1.82, 2.24) is 10.3 Å². The molecule has 5 heteroatoms. The molecule has 22 heavy (non-hydrogen) atoms. The van der Waals surface area contributed by atoms with Gasteiger partial charge in [0.2, 0.25) is 5.91 Å². The second-order valence-electron chi connectivity index (χ2n) is 5.92. The molecule has 2 atom stereocenters. The number of rotatable bonds is 3. The third-order valence-corrected chi connectivity index (χ3v) is 4.91. The molecule has 0 bridgehead atoms. The van der Waals surface area contributed by atoms with E-state index in [1.165, 1.54) is 16.9 Å².